The average Bonchev–Trinajstić information content (AvgIpc) is 2.54. The van der Waals surface area contributed by atoms with E-state index in [4.69, 9.17) is 11.5 Å². The van der Waals surface area contributed by atoms with Crippen LogP contribution in [-0.4, -0.2) is 24.7 Å². The molecule has 0 fully saturated rings. The zero-order valence-corrected chi connectivity index (χ0v) is 13.0. The van der Waals surface area contributed by atoms with E-state index in [-0.39, 0.29) is 11.6 Å². The minimum atomic E-state index is -0.166. The molecule has 2 aromatic rings. The second kappa shape index (κ2) is 5.85. The second-order valence-electron chi connectivity index (χ2n) is 5.68. The Kier molecular flexibility index (Phi) is 3.88. The fourth-order valence-corrected chi connectivity index (χ4v) is 3.02. The highest BCUT2D eigenvalue weighted by Gasteiger charge is 2.33. The van der Waals surface area contributed by atoms with Crippen LogP contribution in [0.1, 0.15) is 43.8 Å². The van der Waals surface area contributed by atoms with Crippen molar-refractivity contribution in [3.8, 4) is 0 Å². The van der Waals surface area contributed by atoms with Gasteiger partial charge in [0.25, 0.3) is 0 Å². The molecule has 0 bridgehead atoms. The number of benzene rings is 2. The Labute approximate surface area is 134 Å². The first-order valence-electron chi connectivity index (χ1n) is 7.61. The van der Waals surface area contributed by atoms with Gasteiger partial charge in [0.15, 0.2) is 11.6 Å². The number of ketones is 2. The van der Waals surface area contributed by atoms with Crippen molar-refractivity contribution in [2.75, 3.05) is 24.1 Å². The van der Waals surface area contributed by atoms with Crippen molar-refractivity contribution >= 4 is 22.9 Å². The van der Waals surface area contributed by atoms with E-state index in [1.165, 1.54) is 0 Å². The van der Waals surface area contributed by atoms with Crippen molar-refractivity contribution in [3.63, 3.8) is 0 Å². The molecule has 5 nitrogen and oxygen atoms in total. The SMILES string of the molecule is Cc1cc(N)c(NCCCN)c2c1C(=O)c1ccccc1C2=O. The summed E-state index contributed by atoms with van der Waals surface area (Å²) < 4.78 is 0. The third-order valence-corrected chi connectivity index (χ3v) is 4.11. The highest BCUT2D eigenvalue weighted by molar-refractivity contribution is 6.31. The van der Waals surface area contributed by atoms with E-state index in [0.717, 1.165) is 12.0 Å². The maximum atomic E-state index is 12.9. The molecule has 0 saturated heterocycles. The number of rotatable bonds is 4. The van der Waals surface area contributed by atoms with Gasteiger partial charge < -0.3 is 16.8 Å². The van der Waals surface area contributed by atoms with E-state index in [1.54, 1.807) is 37.3 Å². The van der Waals surface area contributed by atoms with Crippen molar-refractivity contribution in [2.24, 2.45) is 5.73 Å². The van der Waals surface area contributed by atoms with Gasteiger partial charge >= 0.3 is 0 Å². The van der Waals surface area contributed by atoms with Gasteiger partial charge in [-0.25, -0.2) is 0 Å². The molecule has 1 aliphatic carbocycles. The standard InChI is InChI=1S/C18H19N3O2/c1-10-9-13(20)16(21-8-4-7-19)15-14(10)17(22)11-5-2-3-6-12(11)18(15)23/h2-3,5-6,9,21H,4,7-8,19-20H2,1H3. The maximum absolute atomic E-state index is 12.9. The lowest BCUT2D eigenvalue weighted by molar-refractivity contribution is 0.0979. The topological polar surface area (TPSA) is 98.2 Å². The molecular weight excluding hydrogens is 290 g/mol. The summed E-state index contributed by atoms with van der Waals surface area (Å²) in [6.45, 7) is 2.94. The maximum Gasteiger partial charge on any atom is 0.196 e. The number of fused-ring (bicyclic) bond motifs is 2. The molecule has 2 aromatic carbocycles. The van der Waals surface area contributed by atoms with Crippen LogP contribution in [0.25, 0.3) is 0 Å². The number of hydrogen-bond donors (Lipinski definition) is 3. The third-order valence-electron chi connectivity index (χ3n) is 4.11. The summed E-state index contributed by atoms with van der Waals surface area (Å²) in [5.41, 5.74) is 15.0. The smallest absolute Gasteiger partial charge is 0.196 e. The number of nitrogen functional groups attached to an aromatic ring is 1. The van der Waals surface area contributed by atoms with Gasteiger partial charge in [0.2, 0.25) is 0 Å². The highest BCUT2D eigenvalue weighted by Crippen LogP contribution is 2.37. The average molecular weight is 309 g/mol. The van der Waals surface area contributed by atoms with E-state index in [9.17, 15) is 9.59 Å². The quantitative estimate of drug-likeness (QED) is 0.506. The molecule has 0 radical (unpaired) electrons. The van der Waals surface area contributed by atoms with Gasteiger partial charge in [-0.05, 0) is 31.5 Å². The molecule has 0 saturated carbocycles. The summed E-state index contributed by atoms with van der Waals surface area (Å²) >= 11 is 0. The van der Waals surface area contributed by atoms with Crippen LogP contribution in [0, 0.1) is 6.92 Å². The molecule has 0 aliphatic heterocycles. The van der Waals surface area contributed by atoms with Crippen LogP contribution in [0.4, 0.5) is 11.4 Å². The molecule has 5 heteroatoms. The normalized spacial score (nSPS) is 12.8. The van der Waals surface area contributed by atoms with Crippen LogP contribution in [0.3, 0.4) is 0 Å². The molecule has 23 heavy (non-hydrogen) atoms. The first kappa shape index (κ1) is 15.2. The third kappa shape index (κ3) is 2.39. The van der Waals surface area contributed by atoms with E-state index in [1.807, 2.05) is 0 Å². The van der Waals surface area contributed by atoms with Crippen molar-refractivity contribution in [1.82, 2.24) is 0 Å². The summed E-state index contributed by atoms with van der Waals surface area (Å²) in [5, 5.41) is 3.17. The molecule has 0 aromatic heterocycles. The summed E-state index contributed by atoms with van der Waals surface area (Å²) in [6.07, 6.45) is 0.751. The minimum Gasteiger partial charge on any atom is -0.397 e. The molecule has 5 N–H and O–H groups in total. The Morgan fingerprint density at radius 3 is 2.26 bits per heavy atom. The van der Waals surface area contributed by atoms with Crippen LogP contribution in [-0.2, 0) is 0 Å². The van der Waals surface area contributed by atoms with Crippen LogP contribution in [0.2, 0.25) is 0 Å². The van der Waals surface area contributed by atoms with E-state index >= 15 is 0 Å². The first-order valence-corrected chi connectivity index (χ1v) is 7.61. The molecule has 0 heterocycles. The Bertz CT molecular complexity index is 812. The number of hydrogen-bond acceptors (Lipinski definition) is 5. The molecule has 0 atom stereocenters. The van der Waals surface area contributed by atoms with Crippen LogP contribution >= 0.6 is 0 Å². The minimum absolute atomic E-state index is 0.130. The Morgan fingerprint density at radius 1 is 1.04 bits per heavy atom. The number of nitrogens with two attached hydrogens (primary N) is 2. The Hall–Kier alpha value is -2.66. The van der Waals surface area contributed by atoms with Gasteiger partial charge in [-0.1, -0.05) is 24.3 Å². The summed E-state index contributed by atoms with van der Waals surface area (Å²) in [5.74, 6) is -0.296. The lowest BCUT2D eigenvalue weighted by Gasteiger charge is -2.23. The van der Waals surface area contributed by atoms with Gasteiger partial charge in [0.05, 0.1) is 16.9 Å². The predicted octanol–water partition coefficient (Wildman–Crippen LogP) is 2.11. The van der Waals surface area contributed by atoms with Gasteiger partial charge in [-0.3, -0.25) is 9.59 Å². The van der Waals surface area contributed by atoms with Gasteiger partial charge in [-0.2, -0.15) is 0 Å². The van der Waals surface area contributed by atoms with Crippen LogP contribution in [0.15, 0.2) is 30.3 Å². The Balaban J connectivity index is 2.20. The molecule has 0 amide bonds. The van der Waals surface area contributed by atoms with Gasteiger partial charge in [-0.15, -0.1) is 0 Å². The van der Waals surface area contributed by atoms with Crippen molar-refractivity contribution in [1.29, 1.82) is 0 Å². The zero-order valence-electron chi connectivity index (χ0n) is 13.0. The van der Waals surface area contributed by atoms with Crippen molar-refractivity contribution in [2.45, 2.75) is 13.3 Å². The number of nitrogens with one attached hydrogen (secondary N) is 1. The number of carbonyl (C=O) groups is 2. The monoisotopic (exact) mass is 309 g/mol. The summed E-state index contributed by atoms with van der Waals surface area (Å²) in [7, 11) is 0. The summed E-state index contributed by atoms with van der Waals surface area (Å²) in [4.78, 5) is 25.8. The fraction of sp³-hybridized carbons (Fsp3) is 0.222. The van der Waals surface area contributed by atoms with Crippen molar-refractivity contribution < 1.29 is 9.59 Å². The molecular formula is C18H19N3O2. The molecule has 0 unspecified atom stereocenters. The lowest BCUT2D eigenvalue weighted by Crippen LogP contribution is -2.25. The van der Waals surface area contributed by atoms with E-state index in [2.05, 4.69) is 5.32 Å². The molecule has 118 valence electrons. The lowest BCUT2D eigenvalue weighted by atomic mass is 9.80. The fourth-order valence-electron chi connectivity index (χ4n) is 3.02. The number of carbonyl (C=O) groups excluding carboxylic acids is 2. The number of aryl methyl sites for hydroxylation is 1. The number of anilines is 2. The van der Waals surface area contributed by atoms with Crippen LogP contribution in [0.5, 0.6) is 0 Å². The molecule has 1 aliphatic rings. The van der Waals surface area contributed by atoms with Crippen molar-refractivity contribution in [3.05, 3.63) is 58.1 Å². The largest absolute Gasteiger partial charge is 0.397 e. The first-order chi connectivity index (χ1) is 11.1. The van der Waals surface area contributed by atoms with Gasteiger partial charge in [0, 0.05) is 23.2 Å². The predicted molar refractivity (Wildman–Crippen MR) is 91.1 cm³/mol. The Morgan fingerprint density at radius 2 is 1.65 bits per heavy atom. The molecule has 3 rings (SSSR count). The highest BCUT2D eigenvalue weighted by atomic mass is 16.1. The van der Waals surface area contributed by atoms with Crippen LogP contribution < -0.4 is 16.8 Å². The van der Waals surface area contributed by atoms with Gasteiger partial charge in [0.1, 0.15) is 0 Å². The molecule has 0 spiro atoms. The second-order valence-corrected chi connectivity index (χ2v) is 5.68. The summed E-state index contributed by atoms with van der Waals surface area (Å²) in [6, 6.07) is 8.64. The van der Waals surface area contributed by atoms with E-state index < -0.39 is 0 Å². The van der Waals surface area contributed by atoms with E-state index in [0.29, 0.717) is 46.7 Å². The zero-order chi connectivity index (χ0) is 16.6.